The number of benzene rings is 2. The topological polar surface area (TPSA) is 119 Å². The summed E-state index contributed by atoms with van der Waals surface area (Å²) in [5.41, 5.74) is 1.42. The quantitative estimate of drug-likeness (QED) is 0.387. The number of piperazine rings is 1. The Morgan fingerprint density at radius 2 is 1.66 bits per heavy atom. The molecule has 2 fully saturated rings. The Bertz CT molecular complexity index is 1270. The zero-order valence-corrected chi connectivity index (χ0v) is 21.9. The van der Waals surface area contributed by atoms with Crippen molar-refractivity contribution in [3.8, 4) is 11.5 Å². The van der Waals surface area contributed by atoms with Crippen molar-refractivity contribution in [1.29, 1.82) is 0 Å². The highest BCUT2D eigenvalue weighted by Gasteiger charge is 2.42. The molecule has 10 nitrogen and oxygen atoms in total. The lowest BCUT2D eigenvalue weighted by molar-refractivity contribution is -0.140. The van der Waals surface area contributed by atoms with Crippen molar-refractivity contribution in [3.05, 3.63) is 53.1 Å². The summed E-state index contributed by atoms with van der Waals surface area (Å²) in [6.45, 7) is 0.986. The Kier molecular flexibility index (Phi) is 8.83. The number of halogens is 3. The third kappa shape index (κ3) is 6.24. The van der Waals surface area contributed by atoms with Gasteiger partial charge in [-0.3, -0.25) is 19.7 Å². The number of hydrogen-bond donors (Lipinski definition) is 2. The number of hydroxylamine groups is 1. The Morgan fingerprint density at radius 3 is 2.26 bits per heavy atom. The molecule has 1 atom stereocenters. The lowest BCUT2D eigenvalue weighted by Crippen LogP contribution is -2.62. The van der Waals surface area contributed by atoms with Crippen molar-refractivity contribution < 1.29 is 36.7 Å². The Labute approximate surface area is 223 Å². The molecule has 0 bridgehead atoms. The zero-order chi connectivity index (χ0) is 27.4. The van der Waals surface area contributed by atoms with E-state index < -0.39 is 44.3 Å². The van der Waals surface area contributed by atoms with Crippen LogP contribution in [0.4, 0.5) is 8.78 Å². The van der Waals surface area contributed by atoms with Gasteiger partial charge in [-0.05, 0) is 62.3 Å². The maximum absolute atomic E-state index is 14.8. The first kappa shape index (κ1) is 28.2. The van der Waals surface area contributed by atoms with E-state index in [9.17, 15) is 32.0 Å². The molecule has 2 aliphatic heterocycles. The first-order valence-electron chi connectivity index (χ1n) is 12.0. The predicted molar refractivity (Wildman–Crippen MR) is 132 cm³/mol. The fourth-order valence-corrected chi connectivity index (χ4v) is 6.24. The van der Waals surface area contributed by atoms with Crippen LogP contribution in [-0.2, 0) is 19.6 Å². The number of sulfonamides is 1. The van der Waals surface area contributed by atoms with Gasteiger partial charge in [-0.1, -0.05) is 18.0 Å². The van der Waals surface area contributed by atoms with Gasteiger partial charge in [0, 0.05) is 24.7 Å². The van der Waals surface area contributed by atoms with E-state index in [1.54, 1.807) is 0 Å². The molecular formula is C24H27ClF2N4O6S. The van der Waals surface area contributed by atoms with Gasteiger partial charge in [0.25, 0.3) is 5.91 Å². The molecule has 4 rings (SSSR count). The molecule has 0 radical (unpaired) electrons. The maximum atomic E-state index is 14.8. The first-order chi connectivity index (χ1) is 18.1. The fourth-order valence-electron chi connectivity index (χ4n) is 4.52. The van der Waals surface area contributed by atoms with E-state index in [4.69, 9.17) is 16.3 Å². The van der Waals surface area contributed by atoms with Crippen molar-refractivity contribution >= 4 is 33.4 Å². The molecule has 38 heavy (non-hydrogen) atoms. The molecule has 2 aromatic carbocycles. The monoisotopic (exact) mass is 572 g/mol. The summed E-state index contributed by atoms with van der Waals surface area (Å²) >= 11 is 5.79. The van der Waals surface area contributed by atoms with Crippen molar-refractivity contribution in [2.24, 2.45) is 0 Å². The molecule has 206 valence electrons. The molecule has 0 aromatic heterocycles. The van der Waals surface area contributed by atoms with Crippen molar-refractivity contribution in [3.63, 3.8) is 0 Å². The summed E-state index contributed by atoms with van der Waals surface area (Å²) in [6.07, 6.45) is 3.05. The van der Waals surface area contributed by atoms with Gasteiger partial charge >= 0.3 is 0 Å². The lowest BCUT2D eigenvalue weighted by atomic mass is 10.1. The van der Waals surface area contributed by atoms with Crippen LogP contribution in [0, 0.1) is 11.6 Å². The van der Waals surface area contributed by atoms with Gasteiger partial charge in [0.2, 0.25) is 15.9 Å². The van der Waals surface area contributed by atoms with Crippen LogP contribution >= 0.6 is 11.6 Å². The second-order valence-corrected chi connectivity index (χ2v) is 11.4. The molecule has 2 heterocycles. The summed E-state index contributed by atoms with van der Waals surface area (Å²) in [5, 5.41) is 9.62. The molecule has 0 saturated carbocycles. The van der Waals surface area contributed by atoms with E-state index in [-0.39, 0.29) is 37.8 Å². The average Bonchev–Trinajstić information content (AvgIpc) is 2.91. The summed E-state index contributed by atoms with van der Waals surface area (Å²) < 4.78 is 62.4. The second kappa shape index (κ2) is 11.9. The fraction of sp³-hybridized carbons (Fsp3) is 0.417. The van der Waals surface area contributed by atoms with Crippen LogP contribution in [-0.4, -0.2) is 84.9 Å². The largest absolute Gasteiger partial charge is 0.451 e. The summed E-state index contributed by atoms with van der Waals surface area (Å²) in [4.78, 5) is 27.9. The van der Waals surface area contributed by atoms with E-state index in [2.05, 4.69) is 0 Å². The number of carbonyl (C=O) groups is 2. The van der Waals surface area contributed by atoms with Gasteiger partial charge in [0.1, 0.15) is 11.8 Å². The number of piperidine rings is 1. The van der Waals surface area contributed by atoms with Crippen LogP contribution in [0.25, 0.3) is 0 Å². The number of ether oxygens (including phenoxy) is 1. The third-order valence-corrected chi connectivity index (χ3v) is 8.65. The molecule has 0 aliphatic carbocycles. The van der Waals surface area contributed by atoms with Gasteiger partial charge in [0.05, 0.1) is 11.4 Å². The van der Waals surface area contributed by atoms with E-state index in [0.29, 0.717) is 17.2 Å². The number of nitrogens with zero attached hydrogens (tertiary/aromatic N) is 3. The first-order valence-corrected chi connectivity index (χ1v) is 13.8. The zero-order valence-electron chi connectivity index (χ0n) is 20.3. The number of amides is 2. The van der Waals surface area contributed by atoms with Gasteiger partial charge in [-0.25, -0.2) is 22.7 Å². The molecule has 2 aliphatic rings. The summed E-state index contributed by atoms with van der Waals surface area (Å²) in [6, 6.07) is 5.34. The van der Waals surface area contributed by atoms with E-state index in [0.717, 1.165) is 36.7 Å². The highest BCUT2D eigenvalue weighted by molar-refractivity contribution is 7.89. The number of rotatable bonds is 7. The molecule has 2 saturated heterocycles. The van der Waals surface area contributed by atoms with Gasteiger partial charge < -0.3 is 9.64 Å². The Morgan fingerprint density at radius 1 is 1.03 bits per heavy atom. The van der Waals surface area contributed by atoms with Crippen LogP contribution in [0.2, 0.25) is 5.02 Å². The molecule has 2 aromatic rings. The van der Waals surface area contributed by atoms with E-state index >= 15 is 0 Å². The smallest absolute Gasteiger partial charge is 0.263 e. The highest BCUT2D eigenvalue weighted by atomic mass is 35.5. The van der Waals surface area contributed by atoms with Crippen molar-refractivity contribution in [2.45, 2.75) is 30.2 Å². The van der Waals surface area contributed by atoms with Crippen molar-refractivity contribution in [1.82, 2.24) is 19.6 Å². The van der Waals surface area contributed by atoms with Crippen molar-refractivity contribution in [2.75, 3.05) is 39.3 Å². The average molecular weight is 573 g/mol. The van der Waals surface area contributed by atoms with Crippen LogP contribution in [0.3, 0.4) is 0 Å². The van der Waals surface area contributed by atoms with Crippen LogP contribution in [0.15, 0.2) is 41.3 Å². The summed E-state index contributed by atoms with van der Waals surface area (Å²) in [5.74, 6) is -4.65. The highest BCUT2D eigenvalue weighted by Crippen LogP contribution is 2.32. The normalized spacial score (nSPS) is 19.3. The van der Waals surface area contributed by atoms with Gasteiger partial charge in [-0.2, -0.15) is 4.31 Å². The van der Waals surface area contributed by atoms with Gasteiger partial charge in [0.15, 0.2) is 17.4 Å². The van der Waals surface area contributed by atoms with Crippen LogP contribution < -0.4 is 10.2 Å². The second-order valence-electron chi connectivity index (χ2n) is 9.06. The third-order valence-electron chi connectivity index (χ3n) is 6.52. The minimum Gasteiger partial charge on any atom is -0.451 e. The summed E-state index contributed by atoms with van der Waals surface area (Å²) in [7, 11) is -4.62. The van der Waals surface area contributed by atoms with Crippen LogP contribution in [0.1, 0.15) is 19.3 Å². The lowest BCUT2D eigenvalue weighted by Gasteiger charge is -2.40. The minimum absolute atomic E-state index is 0.0379. The molecule has 2 N–H and O–H groups in total. The molecule has 0 spiro atoms. The molecular weight excluding hydrogens is 546 g/mol. The number of carbonyl (C=O) groups excluding carboxylic acids is 2. The minimum atomic E-state index is -4.62. The molecule has 0 unspecified atom stereocenters. The number of nitrogens with one attached hydrogen (secondary N) is 1. The van der Waals surface area contributed by atoms with Crippen LogP contribution in [0.5, 0.6) is 11.5 Å². The molecule has 14 heteroatoms. The Balaban J connectivity index is 1.54. The SMILES string of the molecule is O=C(NO)[C@H]1CN(C(=O)CN2CCCCC2)CCN1S(=O)(=O)c1cc(F)c(Oc2ccc(Cl)cc2)c(F)c1. The Hall–Kier alpha value is -2.84. The van der Waals surface area contributed by atoms with Gasteiger partial charge in [-0.15, -0.1) is 0 Å². The molecule has 2 amide bonds. The standard InChI is InChI=1S/C24H27ClF2N4O6S/c25-16-4-6-17(7-5-16)37-23-19(26)12-18(13-20(23)27)38(35,36)31-11-10-30(14-21(31)24(33)28-34)22(32)15-29-8-2-1-3-9-29/h4-7,12-13,21,34H,1-3,8-11,14-15H2,(H,28,33)/t21-/m1/s1. The van der Waals surface area contributed by atoms with E-state index in [1.807, 2.05) is 4.90 Å². The predicted octanol–water partition coefficient (Wildman–Crippen LogP) is 2.60. The maximum Gasteiger partial charge on any atom is 0.263 e. The number of likely N-dealkylation sites (tertiary alicyclic amines) is 1. The number of hydrogen-bond acceptors (Lipinski definition) is 7. The van der Waals surface area contributed by atoms with E-state index in [1.165, 1.54) is 34.6 Å².